The first-order chi connectivity index (χ1) is 8.16. The third-order valence-electron chi connectivity index (χ3n) is 2.72. The largest absolute Gasteiger partial charge is 0.355 e. The van der Waals surface area contributed by atoms with Crippen molar-refractivity contribution in [2.45, 2.75) is 13.8 Å². The second-order valence-corrected chi connectivity index (χ2v) is 4.07. The number of hydrogen-bond donors (Lipinski definition) is 1. The zero-order chi connectivity index (χ0) is 12.3. The van der Waals surface area contributed by atoms with E-state index < -0.39 is 0 Å². The zero-order valence-corrected chi connectivity index (χ0v) is 10.0. The van der Waals surface area contributed by atoms with Crippen LogP contribution in [0.15, 0.2) is 48.5 Å². The van der Waals surface area contributed by atoms with Gasteiger partial charge in [0.05, 0.1) is 0 Å². The number of rotatable bonds is 3. The number of para-hydroxylation sites is 1. The summed E-state index contributed by atoms with van der Waals surface area (Å²) in [4.78, 5) is 11.1. The van der Waals surface area contributed by atoms with E-state index in [1.165, 1.54) is 5.56 Å². The maximum Gasteiger partial charge on any atom is 0.159 e. The Morgan fingerprint density at radius 2 is 1.65 bits per heavy atom. The van der Waals surface area contributed by atoms with E-state index >= 15 is 0 Å². The molecule has 2 rings (SSSR count). The molecule has 2 aromatic rings. The molecule has 0 saturated carbocycles. The molecule has 0 amide bonds. The van der Waals surface area contributed by atoms with Crippen molar-refractivity contribution in [3.63, 3.8) is 0 Å². The lowest BCUT2D eigenvalue weighted by molar-refractivity contribution is 0.101. The summed E-state index contributed by atoms with van der Waals surface area (Å²) in [6.07, 6.45) is 0. The van der Waals surface area contributed by atoms with Gasteiger partial charge >= 0.3 is 0 Å². The summed E-state index contributed by atoms with van der Waals surface area (Å²) in [5.74, 6) is 0.0902. The normalized spacial score (nSPS) is 10.0. The van der Waals surface area contributed by atoms with Gasteiger partial charge in [0.15, 0.2) is 5.78 Å². The van der Waals surface area contributed by atoms with Crippen LogP contribution in [0.1, 0.15) is 22.8 Å². The predicted molar refractivity (Wildman–Crippen MR) is 70.9 cm³/mol. The van der Waals surface area contributed by atoms with Crippen LogP contribution in [0.3, 0.4) is 0 Å². The van der Waals surface area contributed by atoms with Crippen LogP contribution in [0.5, 0.6) is 0 Å². The molecule has 2 heteroatoms. The van der Waals surface area contributed by atoms with Crippen LogP contribution in [0.2, 0.25) is 0 Å². The molecular formula is C15H15NO. The molecule has 0 unspecified atom stereocenters. The third kappa shape index (κ3) is 2.72. The van der Waals surface area contributed by atoms with Gasteiger partial charge < -0.3 is 5.32 Å². The Bertz CT molecular complexity index is 529. The van der Waals surface area contributed by atoms with E-state index in [0.29, 0.717) is 0 Å². The van der Waals surface area contributed by atoms with Crippen LogP contribution in [-0.2, 0) is 0 Å². The first kappa shape index (κ1) is 11.4. The average Bonchev–Trinajstić information content (AvgIpc) is 2.33. The molecule has 17 heavy (non-hydrogen) atoms. The SMILES string of the molecule is CC(=O)c1ccc(Nc2ccccc2C)cc1. The van der Waals surface area contributed by atoms with E-state index in [0.717, 1.165) is 16.9 Å². The molecule has 2 nitrogen and oxygen atoms in total. The fourth-order valence-electron chi connectivity index (χ4n) is 1.66. The van der Waals surface area contributed by atoms with Crippen LogP contribution in [0.25, 0.3) is 0 Å². The number of Topliss-reactive ketones (excluding diaryl/α,β-unsaturated/α-hetero) is 1. The number of anilines is 2. The molecule has 0 radical (unpaired) electrons. The molecule has 0 spiro atoms. The Morgan fingerprint density at radius 3 is 2.24 bits per heavy atom. The van der Waals surface area contributed by atoms with Gasteiger partial charge in [-0.15, -0.1) is 0 Å². The summed E-state index contributed by atoms with van der Waals surface area (Å²) in [5, 5.41) is 3.33. The topological polar surface area (TPSA) is 29.1 Å². The lowest BCUT2D eigenvalue weighted by atomic mass is 10.1. The van der Waals surface area contributed by atoms with Crippen molar-refractivity contribution in [3.8, 4) is 0 Å². The van der Waals surface area contributed by atoms with Crippen molar-refractivity contribution in [2.24, 2.45) is 0 Å². The summed E-state index contributed by atoms with van der Waals surface area (Å²) in [6, 6.07) is 15.6. The van der Waals surface area contributed by atoms with Gasteiger partial charge in [-0.1, -0.05) is 18.2 Å². The number of aryl methyl sites for hydroxylation is 1. The Labute approximate surface area is 101 Å². The quantitative estimate of drug-likeness (QED) is 0.801. The number of benzene rings is 2. The highest BCUT2D eigenvalue weighted by molar-refractivity contribution is 5.94. The van der Waals surface area contributed by atoms with E-state index in [1.807, 2.05) is 42.5 Å². The Hall–Kier alpha value is -2.09. The van der Waals surface area contributed by atoms with Gasteiger partial charge in [0, 0.05) is 16.9 Å². The zero-order valence-electron chi connectivity index (χ0n) is 10.0. The van der Waals surface area contributed by atoms with Crippen molar-refractivity contribution in [2.75, 3.05) is 5.32 Å². The summed E-state index contributed by atoms with van der Waals surface area (Å²) in [5.41, 5.74) is 4.01. The molecule has 0 aliphatic rings. The fourth-order valence-corrected chi connectivity index (χ4v) is 1.66. The van der Waals surface area contributed by atoms with Gasteiger partial charge in [-0.3, -0.25) is 4.79 Å². The third-order valence-corrected chi connectivity index (χ3v) is 2.72. The van der Waals surface area contributed by atoms with Crippen LogP contribution in [0.4, 0.5) is 11.4 Å². The molecule has 0 aromatic heterocycles. The van der Waals surface area contributed by atoms with Crippen molar-refractivity contribution >= 4 is 17.2 Å². The average molecular weight is 225 g/mol. The highest BCUT2D eigenvalue weighted by Gasteiger charge is 2.00. The lowest BCUT2D eigenvalue weighted by Gasteiger charge is -2.09. The van der Waals surface area contributed by atoms with E-state index in [9.17, 15) is 4.79 Å². The summed E-state index contributed by atoms with van der Waals surface area (Å²) in [7, 11) is 0. The second kappa shape index (κ2) is 4.83. The number of nitrogens with one attached hydrogen (secondary N) is 1. The lowest BCUT2D eigenvalue weighted by Crippen LogP contribution is -1.95. The maximum atomic E-state index is 11.1. The minimum absolute atomic E-state index is 0.0902. The summed E-state index contributed by atoms with van der Waals surface area (Å²) in [6.45, 7) is 3.63. The van der Waals surface area contributed by atoms with Gasteiger partial charge in [-0.25, -0.2) is 0 Å². The van der Waals surface area contributed by atoms with Crippen molar-refractivity contribution < 1.29 is 4.79 Å². The van der Waals surface area contributed by atoms with Crippen LogP contribution in [0, 0.1) is 6.92 Å². The fraction of sp³-hybridized carbons (Fsp3) is 0.133. The number of ketones is 1. The molecule has 86 valence electrons. The Kier molecular flexibility index (Phi) is 3.24. The molecule has 0 aliphatic carbocycles. The van der Waals surface area contributed by atoms with Crippen LogP contribution < -0.4 is 5.32 Å². The molecule has 0 saturated heterocycles. The Morgan fingerprint density at radius 1 is 1.00 bits per heavy atom. The molecule has 0 aliphatic heterocycles. The van der Waals surface area contributed by atoms with E-state index in [1.54, 1.807) is 6.92 Å². The number of carbonyl (C=O) groups is 1. The number of hydrogen-bond acceptors (Lipinski definition) is 2. The van der Waals surface area contributed by atoms with Gasteiger partial charge in [0.1, 0.15) is 0 Å². The molecule has 1 N–H and O–H groups in total. The smallest absolute Gasteiger partial charge is 0.159 e. The second-order valence-electron chi connectivity index (χ2n) is 4.07. The highest BCUT2D eigenvalue weighted by atomic mass is 16.1. The number of carbonyl (C=O) groups excluding carboxylic acids is 1. The van der Waals surface area contributed by atoms with Gasteiger partial charge in [-0.05, 0) is 49.7 Å². The van der Waals surface area contributed by atoms with Crippen LogP contribution >= 0.6 is 0 Å². The van der Waals surface area contributed by atoms with E-state index in [-0.39, 0.29) is 5.78 Å². The van der Waals surface area contributed by atoms with Crippen molar-refractivity contribution in [1.82, 2.24) is 0 Å². The molecule has 0 atom stereocenters. The summed E-state index contributed by atoms with van der Waals surface area (Å²) >= 11 is 0. The minimum atomic E-state index is 0.0902. The predicted octanol–water partition coefficient (Wildman–Crippen LogP) is 3.94. The van der Waals surface area contributed by atoms with Crippen molar-refractivity contribution in [3.05, 3.63) is 59.7 Å². The Balaban J connectivity index is 2.20. The van der Waals surface area contributed by atoms with E-state index in [2.05, 4.69) is 18.3 Å². The van der Waals surface area contributed by atoms with Gasteiger partial charge in [-0.2, -0.15) is 0 Å². The highest BCUT2D eigenvalue weighted by Crippen LogP contribution is 2.20. The van der Waals surface area contributed by atoms with Gasteiger partial charge in [0.2, 0.25) is 0 Å². The molecule has 0 heterocycles. The maximum absolute atomic E-state index is 11.1. The molecule has 2 aromatic carbocycles. The standard InChI is InChI=1S/C15H15NO/c1-11-5-3-4-6-15(11)16-14-9-7-13(8-10-14)12(2)17/h3-10,16H,1-2H3. The van der Waals surface area contributed by atoms with Gasteiger partial charge in [0.25, 0.3) is 0 Å². The first-order valence-corrected chi connectivity index (χ1v) is 5.60. The minimum Gasteiger partial charge on any atom is -0.355 e. The molecule has 0 fully saturated rings. The first-order valence-electron chi connectivity index (χ1n) is 5.60. The van der Waals surface area contributed by atoms with Crippen LogP contribution in [-0.4, -0.2) is 5.78 Å². The molecule has 0 bridgehead atoms. The van der Waals surface area contributed by atoms with E-state index in [4.69, 9.17) is 0 Å². The van der Waals surface area contributed by atoms with Crippen molar-refractivity contribution in [1.29, 1.82) is 0 Å². The summed E-state index contributed by atoms with van der Waals surface area (Å²) < 4.78 is 0. The molecular weight excluding hydrogens is 210 g/mol. The monoisotopic (exact) mass is 225 g/mol.